The number of nitrogens with zero attached hydrogens (tertiary/aromatic N) is 1. The van der Waals surface area contributed by atoms with Crippen molar-refractivity contribution in [3.63, 3.8) is 0 Å². The van der Waals surface area contributed by atoms with Gasteiger partial charge in [0.1, 0.15) is 17.4 Å². The lowest BCUT2D eigenvalue weighted by atomic mass is 10.1. The van der Waals surface area contributed by atoms with Crippen molar-refractivity contribution in [2.75, 3.05) is 17.2 Å². The van der Waals surface area contributed by atoms with E-state index < -0.39 is 5.91 Å². The van der Waals surface area contributed by atoms with E-state index in [9.17, 15) is 14.9 Å². The highest BCUT2D eigenvalue weighted by molar-refractivity contribution is 9.11. The molecule has 0 heterocycles. The zero-order valence-corrected chi connectivity index (χ0v) is 22.6. The zero-order valence-electron chi connectivity index (χ0n) is 19.4. The van der Waals surface area contributed by atoms with Gasteiger partial charge in [0.25, 0.3) is 11.8 Å². The van der Waals surface area contributed by atoms with Gasteiger partial charge in [0.2, 0.25) is 0 Å². The maximum atomic E-state index is 12.7. The maximum absolute atomic E-state index is 12.7. The van der Waals surface area contributed by atoms with Gasteiger partial charge in [-0.05, 0) is 78.7 Å². The molecule has 3 rings (SSSR count). The van der Waals surface area contributed by atoms with Crippen molar-refractivity contribution in [3.05, 3.63) is 91.4 Å². The average molecular weight is 597 g/mol. The fourth-order valence-corrected chi connectivity index (χ4v) is 4.63. The molecule has 2 amide bonds. The molecular weight excluding hydrogens is 574 g/mol. The molecule has 0 fully saturated rings. The third kappa shape index (κ3) is 7.28. The molecule has 6 nitrogen and oxygen atoms in total. The van der Waals surface area contributed by atoms with Crippen LogP contribution in [0.4, 0.5) is 11.4 Å². The average Bonchev–Trinajstić information content (AvgIpc) is 2.80. The van der Waals surface area contributed by atoms with E-state index in [1.807, 2.05) is 57.2 Å². The number of carbonyl (C=O) groups excluding carboxylic acids is 2. The fourth-order valence-electron chi connectivity index (χ4n) is 3.26. The number of anilines is 2. The summed E-state index contributed by atoms with van der Waals surface area (Å²) in [7, 11) is 0. The summed E-state index contributed by atoms with van der Waals surface area (Å²) in [6, 6.07) is 18.4. The number of amides is 2. The quantitative estimate of drug-likeness (QED) is 0.234. The van der Waals surface area contributed by atoms with Crippen LogP contribution >= 0.6 is 31.9 Å². The Labute approximate surface area is 221 Å². The van der Waals surface area contributed by atoms with E-state index in [0.29, 0.717) is 31.6 Å². The molecule has 0 saturated carbocycles. The summed E-state index contributed by atoms with van der Waals surface area (Å²) in [4.78, 5) is 25.2. The van der Waals surface area contributed by atoms with E-state index in [1.165, 1.54) is 6.08 Å². The second kappa shape index (κ2) is 11.8. The lowest BCUT2D eigenvalue weighted by molar-refractivity contribution is -0.118. The topological polar surface area (TPSA) is 91.2 Å². The monoisotopic (exact) mass is 595 g/mol. The number of carbonyl (C=O) groups is 2. The number of hydrogen-bond acceptors (Lipinski definition) is 4. The molecule has 0 aliphatic heterocycles. The van der Waals surface area contributed by atoms with Crippen LogP contribution < -0.4 is 15.4 Å². The number of nitriles is 1. The Morgan fingerprint density at radius 3 is 2.31 bits per heavy atom. The molecule has 2 N–H and O–H groups in total. The summed E-state index contributed by atoms with van der Waals surface area (Å²) in [5.41, 5.74) is 4.75. The molecule has 8 heteroatoms. The smallest absolute Gasteiger partial charge is 0.266 e. The van der Waals surface area contributed by atoms with Gasteiger partial charge in [-0.2, -0.15) is 5.26 Å². The van der Waals surface area contributed by atoms with Gasteiger partial charge in [-0.1, -0.05) is 51.3 Å². The van der Waals surface area contributed by atoms with Gasteiger partial charge in [-0.25, -0.2) is 0 Å². The Hall–Kier alpha value is -3.41. The Kier molecular flexibility index (Phi) is 8.85. The molecule has 0 aliphatic carbocycles. The summed E-state index contributed by atoms with van der Waals surface area (Å²) in [5, 5.41) is 15.2. The summed E-state index contributed by atoms with van der Waals surface area (Å²) < 4.78 is 7.08. The number of benzene rings is 3. The van der Waals surface area contributed by atoms with Gasteiger partial charge in [-0.3, -0.25) is 9.59 Å². The summed E-state index contributed by atoms with van der Waals surface area (Å²) >= 11 is 6.86. The third-order valence-electron chi connectivity index (χ3n) is 5.02. The minimum Gasteiger partial charge on any atom is -0.482 e. The fraction of sp³-hybridized carbons (Fsp3) is 0.148. The molecule has 0 aliphatic rings. The number of halogens is 2. The van der Waals surface area contributed by atoms with E-state index in [2.05, 4.69) is 42.5 Å². The van der Waals surface area contributed by atoms with Crippen molar-refractivity contribution in [1.82, 2.24) is 0 Å². The highest BCUT2D eigenvalue weighted by Crippen LogP contribution is 2.34. The predicted molar refractivity (Wildman–Crippen MR) is 145 cm³/mol. The molecule has 0 aromatic heterocycles. The van der Waals surface area contributed by atoms with Gasteiger partial charge >= 0.3 is 0 Å². The van der Waals surface area contributed by atoms with Crippen LogP contribution in [0.3, 0.4) is 0 Å². The molecule has 178 valence electrons. The van der Waals surface area contributed by atoms with Crippen molar-refractivity contribution >= 4 is 61.1 Å². The number of nitrogens with one attached hydrogen (secondary N) is 2. The van der Waals surface area contributed by atoms with Crippen molar-refractivity contribution in [3.8, 4) is 11.8 Å². The first-order valence-corrected chi connectivity index (χ1v) is 12.2. The molecule has 0 radical (unpaired) electrons. The molecular formula is C27H23Br2N3O3. The normalized spacial score (nSPS) is 10.9. The van der Waals surface area contributed by atoms with Crippen LogP contribution in [0.5, 0.6) is 5.75 Å². The standard InChI is InChI=1S/C27H23Br2N3O3/c1-16-4-7-22(8-5-16)31-27(34)20(14-30)11-19-12-21(28)13-23(29)26(19)35-15-25(33)32-24-9-6-17(2)10-18(24)3/h4-13H,15H2,1-3H3,(H,31,34)(H,32,33)/b20-11-. The lowest BCUT2D eigenvalue weighted by Gasteiger charge is -2.14. The summed E-state index contributed by atoms with van der Waals surface area (Å²) in [6.07, 6.45) is 1.43. The van der Waals surface area contributed by atoms with Crippen molar-refractivity contribution in [1.29, 1.82) is 5.26 Å². The van der Waals surface area contributed by atoms with Crippen molar-refractivity contribution in [2.24, 2.45) is 0 Å². The minimum absolute atomic E-state index is 0.111. The molecule has 0 atom stereocenters. The highest BCUT2D eigenvalue weighted by Gasteiger charge is 2.16. The summed E-state index contributed by atoms with van der Waals surface area (Å²) in [5.74, 6) is -0.551. The van der Waals surface area contributed by atoms with Gasteiger partial charge in [0.05, 0.1) is 4.47 Å². The third-order valence-corrected chi connectivity index (χ3v) is 6.06. The molecule has 3 aromatic carbocycles. The van der Waals surface area contributed by atoms with E-state index >= 15 is 0 Å². The Balaban J connectivity index is 1.80. The maximum Gasteiger partial charge on any atom is 0.266 e. The number of aryl methyl sites for hydroxylation is 3. The Morgan fingerprint density at radius 1 is 0.971 bits per heavy atom. The second-order valence-corrected chi connectivity index (χ2v) is 9.72. The van der Waals surface area contributed by atoms with Gasteiger partial charge in [-0.15, -0.1) is 0 Å². The number of ether oxygens (including phenoxy) is 1. The van der Waals surface area contributed by atoms with Crippen LogP contribution in [0.1, 0.15) is 22.3 Å². The molecule has 0 saturated heterocycles. The van der Waals surface area contributed by atoms with E-state index in [-0.39, 0.29) is 18.1 Å². The summed E-state index contributed by atoms with van der Waals surface area (Å²) in [6.45, 7) is 5.59. The lowest BCUT2D eigenvalue weighted by Crippen LogP contribution is -2.21. The Morgan fingerprint density at radius 2 is 1.66 bits per heavy atom. The van der Waals surface area contributed by atoms with E-state index in [4.69, 9.17) is 4.74 Å². The predicted octanol–water partition coefficient (Wildman–Crippen LogP) is 6.70. The largest absolute Gasteiger partial charge is 0.482 e. The van der Waals surface area contributed by atoms with Crippen LogP contribution in [0, 0.1) is 32.1 Å². The van der Waals surface area contributed by atoms with Crippen molar-refractivity contribution < 1.29 is 14.3 Å². The zero-order chi connectivity index (χ0) is 25.5. The second-order valence-electron chi connectivity index (χ2n) is 7.95. The SMILES string of the molecule is Cc1ccc(NC(=O)/C(C#N)=C\c2cc(Br)cc(Br)c2OCC(=O)Nc2ccc(C)cc2C)cc1. The van der Waals surface area contributed by atoms with Crippen LogP contribution in [0.25, 0.3) is 6.08 Å². The van der Waals surface area contributed by atoms with Crippen molar-refractivity contribution in [2.45, 2.75) is 20.8 Å². The molecule has 0 unspecified atom stereocenters. The Bertz CT molecular complexity index is 1340. The van der Waals surface area contributed by atoms with Gasteiger partial charge in [0.15, 0.2) is 6.61 Å². The van der Waals surface area contributed by atoms with E-state index in [0.717, 1.165) is 16.7 Å². The van der Waals surface area contributed by atoms with Crippen LogP contribution in [0.2, 0.25) is 0 Å². The van der Waals surface area contributed by atoms with Gasteiger partial charge < -0.3 is 15.4 Å². The molecule has 35 heavy (non-hydrogen) atoms. The minimum atomic E-state index is -0.550. The van der Waals surface area contributed by atoms with E-state index in [1.54, 1.807) is 24.3 Å². The molecule has 0 spiro atoms. The van der Waals surface area contributed by atoms with Crippen LogP contribution in [-0.4, -0.2) is 18.4 Å². The van der Waals surface area contributed by atoms with Gasteiger partial charge in [0, 0.05) is 21.4 Å². The first-order chi connectivity index (χ1) is 16.7. The first-order valence-electron chi connectivity index (χ1n) is 10.6. The van der Waals surface area contributed by atoms with Crippen LogP contribution in [-0.2, 0) is 9.59 Å². The number of hydrogen-bond donors (Lipinski definition) is 2. The number of rotatable bonds is 7. The highest BCUT2D eigenvalue weighted by atomic mass is 79.9. The van der Waals surface area contributed by atoms with Crippen LogP contribution in [0.15, 0.2) is 69.1 Å². The molecule has 0 bridgehead atoms. The first kappa shape index (κ1) is 26.2. The molecule has 3 aromatic rings.